The molecule has 0 spiro atoms. The number of carbonyl (C=O) groups is 4. The van der Waals surface area contributed by atoms with Gasteiger partial charge in [-0.15, -0.1) is 6.58 Å². The summed E-state index contributed by atoms with van der Waals surface area (Å²) in [6.45, 7) is 6.40. The molecule has 1 aromatic heterocycles. The van der Waals surface area contributed by atoms with Crippen molar-refractivity contribution in [2.75, 3.05) is 46.5 Å². The average molecular weight is 806 g/mol. The molecule has 1 aromatic carbocycles. The van der Waals surface area contributed by atoms with Gasteiger partial charge in [0.2, 0.25) is 21.8 Å². The van der Waals surface area contributed by atoms with Crippen LogP contribution in [0.3, 0.4) is 0 Å². The number of rotatable bonds is 9. The Labute approximate surface area is 334 Å². The number of carbonyl (C=O) groups excluding carboxylic acids is 4. The summed E-state index contributed by atoms with van der Waals surface area (Å²) in [6, 6.07) is 6.48. The quantitative estimate of drug-likeness (QED) is 0.351. The van der Waals surface area contributed by atoms with Crippen molar-refractivity contribution in [2.24, 2.45) is 29.1 Å². The van der Waals surface area contributed by atoms with Gasteiger partial charge in [-0.25, -0.2) is 18.2 Å². The predicted molar refractivity (Wildman–Crippen MR) is 211 cm³/mol. The van der Waals surface area contributed by atoms with Gasteiger partial charge >= 0.3 is 6.03 Å². The molecular weight excluding hydrogens is 751 g/mol. The molecule has 308 valence electrons. The fourth-order valence-electron chi connectivity index (χ4n) is 9.58. The highest BCUT2D eigenvalue weighted by Gasteiger charge is 2.61. The first-order chi connectivity index (χ1) is 27.5. The number of urea groups is 1. The highest BCUT2D eigenvalue weighted by Crippen LogP contribution is 2.57. The second-order valence-electron chi connectivity index (χ2n) is 17.1. The summed E-state index contributed by atoms with van der Waals surface area (Å²) in [5.74, 6) is -0.674. The molecule has 0 radical (unpaired) electrons. The Balaban J connectivity index is 1.12. The zero-order valence-corrected chi connectivity index (χ0v) is 33.6. The summed E-state index contributed by atoms with van der Waals surface area (Å²) < 4.78 is 46.3. The van der Waals surface area contributed by atoms with Gasteiger partial charge in [0.05, 0.1) is 54.1 Å². The summed E-state index contributed by atoms with van der Waals surface area (Å²) in [6.07, 6.45) is 8.01. The van der Waals surface area contributed by atoms with Crippen LogP contribution in [0.2, 0.25) is 0 Å². The molecule has 5 fully saturated rings. The molecule has 3 aliphatic heterocycles. The summed E-state index contributed by atoms with van der Waals surface area (Å²) in [7, 11) is -2.24. The Hall–Kier alpha value is -4.24. The molecular formula is C42H55N5O9S. The first-order valence-electron chi connectivity index (χ1n) is 20.7. The fourth-order valence-corrected chi connectivity index (χ4v) is 11.0. The number of Topliss-reactive ketones (excluding diaryl/α,β-unsaturated/α-hetero) is 1. The van der Waals surface area contributed by atoms with Crippen LogP contribution in [-0.2, 0) is 35.6 Å². The molecule has 3 saturated carbocycles. The second kappa shape index (κ2) is 16.2. The van der Waals surface area contributed by atoms with Gasteiger partial charge in [0, 0.05) is 50.4 Å². The van der Waals surface area contributed by atoms with Crippen LogP contribution in [0.4, 0.5) is 4.79 Å². The molecule has 4 amide bonds. The number of sulfonamides is 1. The Bertz CT molecular complexity index is 2020. The molecule has 6 atom stereocenters. The van der Waals surface area contributed by atoms with Gasteiger partial charge < -0.3 is 29.3 Å². The topological polar surface area (TPSA) is 174 Å². The third kappa shape index (κ3) is 8.37. The first kappa shape index (κ1) is 39.6. The number of nitrogens with zero attached hydrogens (tertiary/aromatic N) is 3. The standard InChI is InChI=1S/C42H55N5O9S/c1-3-29-20-42(29,40(50)45-57(52,53)32-11-12-32)21-37(48)36-19-31-24-47(36)39(49)33(27-7-4-5-8-27)22-43-41(51)46-15-14-26(23-46)25-55-16-6-9-35-38(56-31)18-28-17-30(54-2)10-13-34(28)44-35/h3,10,13,17-18,26-27,29,31-33,36H,1,4-9,11-12,14-16,19-25H2,2H3,(H,43,51)(H,45,50)/t26-,29+,31+,33-,36-,42+/m0/s1. The molecule has 2 N–H and O–H groups in total. The minimum absolute atomic E-state index is 0.0342. The van der Waals surface area contributed by atoms with E-state index in [4.69, 9.17) is 19.2 Å². The van der Waals surface area contributed by atoms with Crippen molar-refractivity contribution >= 4 is 44.6 Å². The zero-order chi connectivity index (χ0) is 39.9. The molecule has 0 unspecified atom stereocenters. The molecule has 2 aromatic rings. The van der Waals surface area contributed by atoms with Gasteiger partial charge in [0.25, 0.3) is 0 Å². The van der Waals surface area contributed by atoms with Gasteiger partial charge in [-0.1, -0.05) is 18.9 Å². The maximum atomic E-state index is 14.9. The smallest absolute Gasteiger partial charge is 0.317 e. The van der Waals surface area contributed by atoms with E-state index in [9.17, 15) is 27.6 Å². The Morgan fingerprint density at radius 2 is 1.91 bits per heavy atom. The number of nitrogens with one attached hydrogen (secondary N) is 2. The lowest BCUT2D eigenvalue weighted by Gasteiger charge is -2.32. The molecule has 57 heavy (non-hydrogen) atoms. The van der Waals surface area contributed by atoms with Crippen molar-refractivity contribution in [3.8, 4) is 11.5 Å². The molecule has 15 heteroatoms. The summed E-state index contributed by atoms with van der Waals surface area (Å²) in [5.41, 5.74) is 0.263. The van der Waals surface area contributed by atoms with Gasteiger partial charge in [-0.05, 0) is 87.5 Å². The number of ketones is 1. The number of aromatic nitrogens is 1. The maximum absolute atomic E-state index is 14.9. The highest BCUT2D eigenvalue weighted by molar-refractivity contribution is 7.90. The molecule has 4 heterocycles. The number of hydrogen-bond donors (Lipinski definition) is 2. The average Bonchev–Trinajstić information content (AvgIpc) is 3.97. The van der Waals surface area contributed by atoms with E-state index in [1.54, 1.807) is 23.0 Å². The van der Waals surface area contributed by atoms with Crippen LogP contribution in [-0.4, -0.2) is 111 Å². The predicted octanol–water partition coefficient (Wildman–Crippen LogP) is 4.15. The summed E-state index contributed by atoms with van der Waals surface area (Å²) in [4.78, 5) is 65.2. The van der Waals surface area contributed by atoms with E-state index >= 15 is 0 Å². The first-order valence-corrected chi connectivity index (χ1v) is 22.3. The lowest BCUT2D eigenvalue weighted by Crippen LogP contribution is -2.50. The van der Waals surface area contributed by atoms with Crippen LogP contribution in [0.15, 0.2) is 36.9 Å². The van der Waals surface area contributed by atoms with E-state index in [1.807, 2.05) is 24.3 Å². The molecule has 2 saturated heterocycles. The van der Waals surface area contributed by atoms with E-state index in [-0.39, 0.29) is 61.4 Å². The van der Waals surface area contributed by atoms with E-state index in [0.29, 0.717) is 69.9 Å². The number of methoxy groups -OCH3 is 1. The Morgan fingerprint density at radius 3 is 2.65 bits per heavy atom. The van der Waals surface area contributed by atoms with Crippen LogP contribution in [0, 0.1) is 29.1 Å². The van der Waals surface area contributed by atoms with Crippen LogP contribution in [0.1, 0.15) is 76.3 Å². The SMILES string of the molecule is C=C[C@@H]1C[C@]1(CC(=O)[C@@H]1C[C@@H]2CN1C(=O)[C@H](C1CCCC1)CNC(=O)N1CC[C@H](COCCCc3nc4ccc(OC)cc4cc3O2)C1)C(=O)NS(=O)(=O)C1CC1. The fraction of sp³-hybridized carbons (Fsp3) is 0.643. The number of amides is 4. The van der Waals surface area contributed by atoms with Gasteiger partial charge in [0.1, 0.15) is 17.6 Å². The molecule has 6 aliphatic rings. The van der Waals surface area contributed by atoms with Crippen molar-refractivity contribution in [3.63, 3.8) is 0 Å². The number of benzene rings is 1. The van der Waals surface area contributed by atoms with E-state index in [1.165, 1.54) is 0 Å². The third-order valence-electron chi connectivity index (χ3n) is 13.2. The maximum Gasteiger partial charge on any atom is 0.317 e. The number of pyridine rings is 1. The third-order valence-corrected chi connectivity index (χ3v) is 15.0. The van der Waals surface area contributed by atoms with Gasteiger partial charge in [-0.3, -0.25) is 19.1 Å². The van der Waals surface area contributed by atoms with E-state index in [0.717, 1.165) is 48.7 Å². The lowest BCUT2D eigenvalue weighted by atomic mass is 9.88. The number of aryl methyl sites for hydroxylation is 1. The summed E-state index contributed by atoms with van der Waals surface area (Å²) >= 11 is 0. The summed E-state index contributed by atoms with van der Waals surface area (Å²) in [5, 5.41) is 3.31. The van der Waals surface area contributed by atoms with Gasteiger partial charge in [-0.2, -0.15) is 0 Å². The largest absolute Gasteiger partial charge is 0.497 e. The molecule has 3 aliphatic carbocycles. The minimum Gasteiger partial charge on any atom is -0.497 e. The van der Waals surface area contributed by atoms with Crippen LogP contribution in [0.5, 0.6) is 11.5 Å². The van der Waals surface area contributed by atoms with Gasteiger partial charge in [0.15, 0.2) is 5.78 Å². The Kier molecular flexibility index (Phi) is 11.2. The normalized spacial score (nSPS) is 30.1. The number of allylic oxidation sites excluding steroid dienone is 1. The number of ether oxygens (including phenoxy) is 3. The molecule has 4 bridgehead atoms. The zero-order valence-electron chi connectivity index (χ0n) is 32.8. The molecule has 14 nitrogen and oxygen atoms in total. The second-order valence-corrected chi connectivity index (χ2v) is 19.1. The van der Waals surface area contributed by atoms with Crippen molar-refractivity contribution in [2.45, 2.75) is 94.4 Å². The highest BCUT2D eigenvalue weighted by atomic mass is 32.2. The lowest BCUT2D eigenvalue weighted by molar-refractivity contribution is -0.143. The van der Waals surface area contributed by atoms with Crippen molar-refractivity contribution in [3.05, 3.63) is 42.6 Å². The van der Waals surface area contributed by atoms with E-state index in [2.05, 4.69) is 16.6 Å². The minimum atomic E-state index is -3.84. The van der Waals surface area contributed by atoms with Crippen LogP contribution in [0.25, 0.3) is 10.9 Å². The van der Waals surface area contributed by atoms with Crippen LogP contribution < -0.4 is 19.5 Å². The van der Waals surface area contributed by atoms with Crippen molar-refractivity contribution in [1.29, 1.82) is 0 Å². The molecule has 8 rings (SSSR count). The number of hydrogen-bond acceptors (Lipinski definition) is 10. The number of fused-ring (bicyclic) bond motifs is 6. The van der Waals surface area contributed by atoms with Crippen molar-refractivity contribution in [1.82, 2.24) is 24.8 Å². The van der Waals surface area contributed by atoms with Crippen LogP contribution >= 0.6 is 0 Å². The Morgan fingerprint density at radius 1 is 1.11 bits per heavy atom. The van der Waals surface area contributed by atoms with Crippen molar-refractivity contribution < 1.29 is 41.8 Å². The van der Waals surface area contributed by atoms with E-state index < -0.39 is 44.7 Å². The monoisotopic (exact) mass is 805 g/mol.